The zero-order valence-electron chi connectivity index (χ0n) is 18.4. The molecule has 34 heavy (non-hydrogen) atoms. The van der Waals surface area contributed by atoms with Gasteiger partial charge in [0.05, 0.1) is 4.91 Å². The van der Waals surface area contributed by atoms with Gasteiger partial charge in [-0.2, -0.15) is 0 Å². The maximum atomic E-state index is 12.8. The highest BCUT2D eigenvalue weighted by molar-refractivity contribution is 8.26. The molecular weight excluding hydrogens is 506 g/mol. The number of anilines is 1. The largest absolute Gasteiger partial charge is 0.302 e. The lowest BCUT2D eigenvalue weighted by Gasteiger charge is -2.13. The highest BCUT2D eigenvalue weighted by atomic mass is 35.5. The monoisotopic (exact) mass is 527 g/mol. The predicted octanol–water partition coefficient (Wildman–Crippen LogP) is 6.32. The normalized spacial score (nSPS) is 14.8. The number of halogens is 1. The van der Waals surface area contributed by atoms with E-state index < -0.39 is 0 Å². The molecule has 2 heterocycles. The van der Waals surface area contributed by atoms with Gasteiger partial charge in [0.25, 0.3) is 5.91 Å². The van der Waals surface area contributed by atoms with Crippen LogP contribution in [0.5, 0.6) is 0 Å². The van der Waals surface area contributed by atoms with Crippen molar-refractivity contribution in [2.24, 2.45) is 0 Å². The lowest BCUT2D eigenvalue weighted by Crippen LogP contribution is -2.29. The summed E-state index contributed by atoms with van der Waals surface area (Å²) in [4.78, 5) is 32.6. The van der Waals surface area contributed by atoms with E-state index in [4.69, 9.17) is 23.8 Å². The summed E-state index contributed by atoms with van der Waals surface area (Å²) in [6, 6.07) is 15.6. The SMILES string of the molecule is Cc1ccc(/C=C2/SC(=S)N(CCCC(=O)Nc3ncc(Cc4ccccc4Cl)s3)C2=O)cc1. The van der Waals surface area contributed by atoms with E-state index >= 15 is 0 Å². The van der Waals surface area contributed by atoms with Gasteiger partial charge in [-0.05, 0) is 36.6 Å². The Balaban J connectivity index is 1.26. The van der Waals surface area contributed by atoms with Gasteiger partial charge in [-0.25, -0.2) is 4.98 Å². The average molecular weight is 528 g/mol. The predicted molar refractivity (Wildman–Crippen MR) is 145 cm³/mol. The Morgan fingerprint density at radius 1 is 1.21 bits per heavy atom. The Hall–Kier alpha value is -2.52. The first-order valence-corrected chi connectivity index (χ1v) is 13.1. The van der Waals surface area contributed by atoms with Gasteiger partial charge in [-0.1, -0.05) is 83.6 Å². The van der Waals surface area contributed by atoms with Gasteiger partial charge in [0.1, 0.15) is 4.32 Å². The van der Waals surface area contributed by atoms with Crippen LogP contribution in [0.4, 0.5) is 5.13 Å². The van der Waals surface area contributed by atoms with Gasteiger partial charge >= 0.3 is 0 Å². The molecule has 0 spiro atoms. The molecule has 1 fully saturated rings. The minimum absolute atomic E-state index is 0.111. The standard InChI is InChI=1S/C25H22ClN3O2S3/c1-16-8-10-17(11-9-16)13-21-23(31)29(25(32)34-21)12-4-7-22(30)28-24-27-15-19(33-24)14-18-5-2-3-6-20(18)26/h2-3,5-6,8-11,13,15H,4,7,12,14H2,1H3,(H,27,28,30)/b21-13+. The number of aromatic nitrogens is 1. The molecule has 0 saturated carbocycles. The first-order valence-electron chi connectivity index (χ1n) is 10.7. The number of thiocarbonyl (C=S) groups is 1. The summed E-state index contributed by atoms with van der Waals surface area (Å²) in [5.41, 5.74) is 3.14. The number of carbonyl (C=O) groups is 2. The van der Waals surface area contributed by atoms with Gasteiger partial charge in [-0.15, -0.1) is 11.3 Å². The molecule has 3 aromatic rings. The molecule has 2 amide bonds. The topological polar surface area (TPSA) is 62.3 Å². The Kier molecular flexibility index (Phi) is 8.15. The molecule has 1 aromatic heterocycles. The minimum Gasteiger partial charge on any atom is -0.302 e. The molecule has 5 nitrogen and oxygen atoms in total. The fraction of sp³-hybridized carbons (Fsp3) is 0.200. The minimum atomic E-state index is -0.140. The van der Waals surface area contributed by atoms with Crippen molar-refractivity contribution in [2.45, 2.75) is 26.2 Å². The van der Waals surface area contributed by atoms with E-state index in [1.54, 1.807) is 11.1 Å². The van der Waals surface area contributed by atoms with Crippen molar-refractivity contribution in [1.82, 2.24) is 9.88 Å². The number of nitrogens with one attached hydrogen (secondary N) is 1. The lowest BCUT2D eigenvalue weighted by atomic mass is 10.1. The number of hydrogen-bond donors (Lipinski definition) is 1. The molecule has 0 bridgehead atoms. The van der Waals surface area contributed by atoms with Gasteiger partial charge in [-0.3, -0.25) is 14.5 Å². The summed E-state index contributed by atoms with van der Waals surface area (Å²) in [5.74, 6) is -0.251. The van der Waals surface area contributed by atoms with Gasteiger partial charge in [0.2, 0.25) is 5.91 Å². The van der Waals surface area contributed by atoms with Crippen LogP contribution in [0.1, 0.15) is 34.4 Å². The second kappa shape index (κ2) is 11.3. The molecule has 1 aliphatic heterocycles. The molecule has 9 heteroatoms. The Labute approximate surface area is 217 Å². The summed E-state index contributed by atoms with van der Waals surface area (Å²) >= 11 is 14.3. The number of thioether (sulfide) groups is 1. The van der Waals surface area contributed by atoms with Crippen LogP contribution in [0.25, 0.3) is 6.08 Å². The van der Waals surface area contributed by atoms with Crippen molar-refractivity contribution >= 4 is 74.3 Å². The number of aryl methyl sites for hydroxylation is 1. The van der Waals surface area contributed by atoms with Crippen molar-refractivity contribution in [3.63, 3.8) is 0 Å². The smallest absolute Gasteiger partial charge is 0.266 e. The Morgan fingerprint density at radius 3 is 2.74 bits per heavy atom. The van der Waals surface area contributed by atoms with E-state index in [1.165, 1.54) is 23.1 Å². The first kappa shape index (κ1) is 24.6. The third-order valence-corrected chi connectivity index (χ3v) is 7.82. The molecule has 1 N–H and O–H groups in total. The molecule has 0 aliphatic carbocycles. The van der Waals surface area contributed by atoms with Crippen LogP contribution in [-0.4, -0.2) is 32.6 Å². The summed E-state index contributed by atoms with van der Waals surface area (Å²) in [7, 11) is 0. The van der Waals surface area contributed by atoms with Crippen LogP contribution >= 0.6 is 46.9 Å². The van der Waals surface area contributed by atoms with Crippen LogP contribution in [0.3, 0.4) is 0 Å². The molecule has 1 saturated heterocycles. The zero-order valence-corrected chi connectivity index (χ0v) is 21.6. The second-order valence-corrected chi connectivity index (χ2v) is 11.0. The zero-order chi connectivity index (χ0) is 24.1. The van der Waals surface area contributed by atoms with Gasteiger partial charge < -0.3 is 5.32 Å². The highest BCUT2D eigenvalue weighted by Gasteiger charge is 2.31. The van der Waals surface area contributed by atoms with E-state index in [9.17, 15) is 9.59 Å². The quantitative estimate of drug-likeness (QED) is 0.274. The van der Waals surface area contributed by atoms with E-state index in [-0.39, 0.29) is 18.2 Å². The summed E-state index contributed by atoms with van der Waals surface area (Å²) < 4.78 is 0.521. The third-order valence-electron chi connectivity index (χ3n) is 5.16. The van der Waals surface area contributed by atoms with E-state index in [0.717, 1.165) is 21.6 Å². The molecule has 0 unspecified atom stereocenters. The van der Waals surface area contributed by atoms with Crippen molar-refractivity contribution < 1.29 is 9.59 Å². The van der Waals surface area contributed by atoms with Crippen molar-refractivity contribution in [1.29, 1.82) is 0 Å². The number of benzene rings is 2. The molecular formula is C25H22ClN3O2S3. The molecule has 4 rings (SSSR count). The molecule has 174 valence electrons. The van der Waals surface area contributed by atoms with Crippen LogP contribution < -0.4 is 5.32 Å². The second-order valence-electron chi connectivity index (χ2n) is 7.80. The summed E-state index contributed by atoms with van der Waals surface area (Å²) in [6.45, 7) is 2.42. The van der Waals surface area contributed by atoms with Crippen LogP contribution in [0.15, 0.2) is 59.6 Å². The average Bonchev–Trinajstić information content (AvgIpc) is 3.35. The molecule has 0 radical (unpaired) electrons. The van der Waals surface area contributed by atoms with Crippen molar-refractivity contribution in [3.8, 4) is 0 Å². The van der Waals surface area contributed by atoms with E-state index in [1.807, 2.05) is 61.5 Å². The van der Waals surface area contributed by atoms with E-state index in [0.29, 0.717) is 38.8 Å². The molecule has 2 aromatic carbocycles. The van der Waals surface area contributed by atoms with E-state index in [2.05, 4.69) is 10.3 Å². The summed E-state index contributed by atoms with van der Waals surface area (Å²) in [5, 5.41) is 4.11. The van der Waals surface area contributed by atoms with Crippen LogP contribution in [0, 0.1) is 6.92 Å². The molecule has 0 atom stereocenters. The maximum Gasteiger partial charge on any atom is 0.266 e. The Morgan fingerprint density at radius 2 is 1.97 bits per heavy atom. The Bertz CT molecular complexity index is 1250. The number of amides is 2. The highest BCUT2D eigenvalue weighted by Crippen LogP contribution is 2.33. The van der Waals surface area contributed by atoms with Crippen molar-refractivity contribution in [3.05, 3.63) is 86.2 Å². The number of thiazole rings is 1. The number of hydrogen-bond acceptors (Lipinski definition) is 6. The lowest BCUT2D eigenvalue weighted by molar-refractivity contribution is -0.122. The third kappa shape index (κ3) is 6.33. The fourth-order valence-electron chi connectivity index (χ4n) is 3.36. The number of carbonyl (C=O) groups excluding carboxylic acids is 2. The maximum absolute atomic E-state index is 12.8. The molecule has 1 aliphatic rings. The summed E-state index contributed by atoms with van der Waals surface area (Å²) in [6.07, 6.45) is 5.05. The van der Waals surface area contributed by atoms with Crippen LogP contribution in [0.2, 0.25) is 5.02 Å². The van der Waals surface area contributed by atoms with Crippen molar-refractivity contribution in [2.75, 3.05) is 11.9 Å². The fourth-order valence-corrected chi connectivity index (χ4v) is 5.73. The number of rotatable bonds is 8. The first-order chi connectivity index (χ1) is 16.4. The number of nitrogens with zero attached hydrogens (tertiary/aromatic N) is 2. The van der Waals surface area contributed by atoms with Gasteiger partial charge in [0.15, 0.2) is 5.13 Å². The van der Waals surface area contributed by atoms with Crippen LogP contribution in [-0.2, 0) is 16.0 Å². The van der Waals surface area contributed by atoms with Gasteiger partial charge in [0, 0.05) is 35.5 Å².